The van der Waals surface area contributed by atoms with Gasteiger partial charge in [0, 0.05) is 12.2 Å². The number of alkyl halides is 3. The van der Waals surface area contributed by atoms with Crippen LogP contribution in [0.15, 0.2) is 24.4 Å². The summed E-state index contributed by atoms with van der Waals surface area (Å²) in [6, 6.07) is 2.53. The molecule has 6 heteroatoms. The van der Waals surface area contributed by atoms with E-state index in [2.05, 4.69) is 10.3 Å². The smallest absolute Gasteiger partial charge is 0.367 e. The summed E-state index contributed by atoms with van der Waals surface area (Å²) in [7, 11) is 0. The van der Waals surface area contributed by atoms with Crippen molar-refractivity contribution in [2.45, 2.75) is 39.9 Å². The predicted molar refractivity (Wildman–Crippen MR) is 82.8 cm³/mol. The molecular formula is C16H20F3N3. The van der Waals surface area contributed by atoms with Gasteiger partial charge in [-0.25, -0.2) is 4.98 Å². The van der Waals surface area contributed by atoms with Gasteiger partial charge in [-0.05, 0) is 38.0 Å². The molecule has 0 atom stereocenters. The van der Waals surface area contributed by atoms with Crippen molar-refractivity contribution in [3.63, 3.8) is 0 Å². The first-order valence-corrected chi connectivity index (χ1v) is 7.22. The van der Waals surface area contributed by atoms with Crippen molar-refractivity contribution in [2.24, 2.45) is 5.92 Å². The Hall–Kier alpha value is -1.98. The Morgan fingerprint density at radius 3 is 2.41 bits per heavy atom. The third kappa shape index (κ3) is 3.61. The van der Waals surface area contributed by atoms with Crippen LogP contribution in [-0.4, -0.2) is 15.4 Å². The van der Waals surface area contributed by atoms with Crippen molar-refractivity contribution >= 4 is 17.5 Å². The minimum absolute atomic E-state index is 0.0839. The minimum Gasteiger partial charge on any atom is -0.367 e. The third-order valence-corrected chi connectivity index (χ3v) is 3.04. The number of pyridine rings is 1. The standard InChI is InChI=1S/C16H20F3N3/c1-10(2)5-7-13-15(20-11(3)4)22-9-12(16(17,18)19)6-8-14(22)21-13/h5-11,20H,1-4H3/b7-5+. The first-order chi connectivity index (χ1) is 10.2. The van der Waals surface area contributed by atoms with Crippen LogP contribution in [0.1, 0.15) is 39.0 Å². The average Bonchev–Trinajstić information content (AvgIpc) is 2.72. The number of halogens is 3. The largest absolute Gasteiger partial charge is 0.417 e. The van der Waals surface area contributed by atoms with Gasteiger partial charge in [0.2, 0.25) is 0 Å². The van der Waals surface area contributed by atoms with Crippen LogP contribution in [0.25, 0.3) is 11.7 Å². The zero-order valence-corrected chi connectivity index (χ0v) is 13.1. The molecule has 0 spiro atoms. The molecule has 0 aliphatic heterocycles. The van der Waals surface area contributed by atoms with Gasteiger partial charge in [-0.1, -0.05) is 19.9 Å². The number of nitrogens with one attached hydrogen (secondary N) is 1. The molecule has 2 aromatic heterocycles. The second kappa shape index (κ2) is 6.02. The van der Waals surface area contributed by atoms with E-state index in [4.69, 9.17) is 0 Å². The van der Waals surface area contributed by atoms with Gasteiger partial charge < -0.3 is 5.32 Å². The molecule has 0 fully saturated rings. The molecule has 22 heavy (non-hydrogen) atoms. The van der Waals surface area contributed by atoms with E-state index in [-0.39, 0.29) is 6.04 Å². The van der Waals surface area contributed by atoms with E-state index in [1.807, 2.05) is 39.8 Å². The summed E-state index contributed by atoms with van der Waals surface area (Å²) >= 11 is 0. The lowest BCUT2D eigenvalue weighted by atomic mass is 10.2. The fourth-order valence-corrected chi connectivity index (χ4v) is 2.05. The maximum atomic E-state index is 12.9. The monoisotopic (exact) mass is 311 g/mol. The third-order valence-electron chi connectivity index (χ3n) is 3.04. The van der Waals surface area contributed by atoms with E-state index in [1.165, 1.54) is 10.5 Å². The Bertz CT molecular complexity index is 682. The van der Waals surface area contributed by atoms with Crippen LogP contribution < -0.4 is 5.32 Å². The molecule has 0 aliphatic rings. The maximum absolute atomic E-state index is 12.9. The van der Waals surface area contributed by atoms with Gasteiger partial charge in [-0.15, -0.1) is 0 Å². The summed E-state index contributed by atoms with van der Waals surface area (Å²) in [5, 5.41) is 3.18. The number of anilines is 1. The Morgan fingerprint density at radius 2 is 1.86 bits per heavy atom. The van der Waals surface area contributed by atoms with Crippen LogP contribution in [0.2, 0.25) is 0 Å². The van der Waals surface area contributed by atoms with E-state index in [0.717, 1.165) is 12.3 Å². The summed E-state index contributed by atoms with van der Waals surface area (Å²) in [6.45, 7) is 7.93. The summed E-state index contributed by atoms with van der Waals surface area (Å²) in [5.41, 5.74) is 0.435. The van der Waals surface area contributed by atoms with E-state index in [0.29, 0.717) is 23.1 Å². The highest BCUT2D eigenvalue weighted by Crippen LogP contribution is 2.31. The Kier molecular flexibility index (Phi) is 4.49. The van der Waals surface area contributed by atoms with Gasteiger partial charge >= 0.3 is 6.18 Å². The normalized spacial score (nSPS) is 13.0. The minimum atomic E-state index is -4.37. The van der Waals surface area contributed by atoms with Crippen molar-refractivity contribution in [3.05, 3.63) is 35.7 Å². The number of hydrogen-bond donors (Lipinski definition) is 1. The average molecular weight is 311 g/mol. The molecule has 0 aliphatic carbocycles. The van der Waals surface area contributed by atoms with Crippen LogP contribution in [0, 0.1) is 5.92 Å². The van der Waals surface area contributed by atoms with Gasteiger partial charge in [-0.3, -0.25) is 4.40 Å². The molecule has 0 radical (unpaired) electrons. The summed E-state index contributed by atoms with van der Waals surface area (Å²) in [4.78, 5) is 4.41. The maximum Gasteiger partial charge on any atom is 0.417 e. The van der Waals surface area contributed by atoms with Crippen molar-refractivity contribution in [3.8, 4) is 0 Å². The highest BCUT2D eigenvalue weighted by Gasteiger charge is 2.31. The number of nitrogens with zero attached hydrogens (tertiary/aromatic N) is 2. The number of fused-ring (bicyclic) bond motifs is 1. The number of rotatable bonds is 4. The summed E-state index contributed by atoms with van der Waals surface area (Å²) in [6.07, 6.45) is 0.523. The lowest BCUT2D eigenvalue weighted by Crippen LogP contribution is -2.13. The number of aromatic nitrogens is 2. The van der Waals surface area contributed by atoms with E-state index in [9.17, 15) is 13.2 Å². The quantitative estimate of drug-likeness (QED) is 0.875. The summed E-state index contributed by atoms with van der Waals surface area (Å²) in [5.74, 6) is 0.912. The first-order valence-electron chi connectivity index (χ1n) is 7.22. The fourth-order valence-electron chi connectivity index (χ4n) is 2.05. The molecule has 0 saturated heterocycles. The van der Waals surface area contributed by atoms with Crippen molar-refractivity contribution in [2.75, 3.05) is 5.32 Å². The molecule has 2 aromatic rings. The lowest BCUT2D eigenvalue weighted by molar-refractivity contribution is -0.137. The van der Waals surface area contributed by atoms with Crippen LogP contribution in [0.4, 0.5) is 19.0 Å². The molecule has 2 heterocycles. The molecule has 0 bridgehead atoms. The zero-order chi connectivity index (χ0) is 16.5. The van der Waals surface area contributed by atoms with Crippen LogP contribution >= 0.6 is 0 Å². The molecule has 0 amide bonds. The molecule has 0 aromatic carbocycles. The highest BCUT2D eigenvalue weighted by atomic mass is 19.4. The molecule has 0 saturated carbocycles. The van der Waals surface area contributed by atoms with Gasteiger partial charge in [-0.2, -0.15) is 13.2 Å². The Labute approximate surface area is 127 Å². The van der Waals surface area contributed by atoms with Gasteiger partial charge in [0.15, 0.2) is 0 Å². The van der Waals surface area contributed by atoms with Gasteiger partial charge in [0.1, 0.15) is 17.2 Å². The van der Waals surface area contributed by atoms with Crippen LogP contribution in [0.5, 0.6) is 0 Å². The Balaban J connectivity index is 2.60. The van der Waals surface area contributed by atoms with Crippen LogP contribution in [-0.2, 0) is 6.18 Å². The van der Waals surface area contributed by atoms with Gasteiger partial charge in [0.25, 0.3) is 0 Å². The van der Waals surface area contributed by atoms with Gasteiger partial charge in [0.05, 0.1) is 5.56 Å². The highest BCUT2D eigenvalue weighted by molar-refractivity contribution is 5.67. The van der Waals surface area contributed by atoms with Crippen LogP contribution in [0.3, 0.4) is 0 Å². The predicted octanol–water partition coefficient (Wildman–Crippen LogP) is 4.84. The van der Waals surface area contributed by atoms with Crippen molar-refractivity contribution in [1.29, 1.82) is 0 Å². The topological polar surface area (TPSA) is 29.3 Å². The summed E-state index contributed by atoms with van der Waals surface area (Å²) < 4.78 is 40.2. The fraction of sp³-hybridized carbons (Fsp3) is 0.438. The van der Waals surface area contributed by atoms with E-state index in [1.54, 1.807) is 0 Å². The van der Waals surface area contributed by atoms with Crippen molar-refractivity contribution in [1.82, 2.24) is 9.38 Å². The zero-order valence-electron chi connectivity index (χ0n) is 13.1. The molecule has 0 unspecified atom stereocenters. The van der Waals surface area contributed by atoms with Crippen molar-refractivity contribution < 1.29 is 13.2 Å². The Morgan fingerprint density at radius 1 is 1.18 bits per heavy atom. The second-order valence-electron chi connectivity index (χ2n) is 5.89. The SMILES string of the molecule is CC(C)/C=C/c1nc2ccc(C(F)(F)F)cn2c1NC(C)C. The van der Waals surface area contributed by atoms with E-state index < -0.39 is 11.7 Å². The number of hydrogen-bond acceptors (Lipinski definition) is 2. The second-order valence-corrected chi connectivity index (χ2v) is 5.89. The molecule has 1 N–H and O–H groups in total. The van der Waals surface area contributed by atoms with E-state index >= 15 is 0 Å². The number of allylic oxidation sites excluding steroid dienone is 1. The molecule has 120 valence electrons. The first kappa shape index (κ1) is 16.4. The molecule has 2 rings (SSSR count). The number of imidazole rings is 1. The molecule has 3 nitrogen and oxygen atoms in total. The molecular weight excluding hydrogens is 291 g/mol. The lowest BCUT2D eigenvalue weighted by Gasteiger charge is -2.12.